The van der Waals surface area contributed by atoms with Gasteiger partial charge in [0.1, 0.15) is 5.75 Å². The van der Waals surface area contributed by atoms with Crippen LogP contribution >= 0.6 is 0 Å². The van der Waals surface area contributed by atoms with Crippen molar-refractivity contribution in [3.63, 3.8) is 0 Å². The average molecular weight is 162 g/mol. The normalized spacial score (nSPS) is 11.2. The van der Waals surface area contributed by atoms with Gasteiger partial charge >= 0.3 is 0 Å². The molecule has 0 saturated carbocycles. The van der Waals surface area contributed by atoms with E-state index in [4.69, 9.17) is 9.84 Å². The van der Waals surface area contributed by atoms with Crippen LogP contribution in [0.4, 0.5) is 0 Å². The molecule has 0 amide bonds. The summed E-state index contributed by atoms with van der Waals surface area (Å²) in [5, 5.41) is 9.11. The second-order valence-electron chi connectivity index (χ2n) is 2.18. The Morgan fingerprint density at radius 2 is 2.00 bits per heavy atom. The number of benzene rings is 1. The molecule has 0 radical (unpaired) electrons. The highest BCUT2D eigenvalue weighted by molar-refractivity contribution is 5.21. The predicted molar refractivity (Wildman–Crippen MR) is 46.5 cm³/mol. The maximum Gasteiger partial charge on any atom is 0.262 e. The van der Waals surface area contributed by atoms with Crippen LogP contribution in [-0.4, -0.2) is 11.4 Å². The smallest absolute Gasteiger partial charge is 0.262 e. The van der Waals surface area contributed by atoms with Crippen LogP contribution in [-0.2, 0) is 0 Å². The zero-order valence-electron chi connectivity index (χ0n) is 6.82. The lowest BCUT2D eigenvalue weighted by atomic mass is 10.3. The molecule has 0 saturated heterocycles. The molecule has 1 N–H and O–H groups in total. The molecule has 0 heterocycles. The number of aliphatic hydroxyl groups excluding tert-OH is 1. The highest BCUT2D eigenvalue weighted by Gasteiger charge is 1.98. The highest BCUT2D eigenvalue weighted by Crippen LogP contribution is 2.09. The molecule has 12 heavy (non-hydrogen) atoms. The molecular formula is C10H10O2. The van der Waals surface area contributed by atoms with Crippen molar-refractivity contribution in [1.29, 1.82) is 0 Å². The lowest BCUT2D eigenvalue weighted by Gasteiger charge is -2.06. The standard InChI is InChI=1S/C10H10O2/c1-2-6-10(11)12-9-7-4-3-5-8-9/h3-5,7-8,10-11H,1H3. The summed E-state index contributed by atoms with van der Waals surface area (Å²) in [6, 6.07) is 9.08. The first-order valence-corrected chi connectivity index (χ1v) is 3.65. The quantitative estimate of drug-likeness (QED) is 0.526. The predicted octanol–water partition coefficient (Wildman–Crippen LogP) is 1.41. The van der Waals surface area contributed by atoms with Crippen LogP contribution < -0.4 is 4.74 Å². The zero-order chi connectivity index (χ0) is 8.81. The number of aliphatic hydroxyl groups is 1. The minimum Gasteiger partial charge on any atom is -0.454 e. The third-order valence-electron chi connectivity index (χ3n) is 1.26. The van der Waals surface area contributed by atoms with Crippen molar-refractivity contribution >= 4 is 0 Å². The van der Waals surface area contributed by atoms with Gasteiger partial charge in [0.15, 0.2) is 0 Å². The third kappa shape index (κ3) is 2.65. The fourth-order valence-electron chi connectivity index (χ4n) is 0.781. The van der Waals surface area contributed by atoms with E-state index in [0.717, 1.165) is 0 Å². The van der Waals surface area contributed by atoms with Gasteiger partial charge in [-0.1, -0.05) is 18.2 Å². The minimum absolute atomic E-state index is 0.618. The van der Waals surface area contributed by atoms with Gasteiger partial charge in [0.2, 0.25) is 0 Å². The first-order chi connectivity index (χ1) is 5.83. The lowest BCUT2D eigenvalue weighted by molar-refractivity contribution is 0.0331. The summed E-state index contributed by atoms with van der Waals surface area (Å²) in [6.07, 6.45) is -1.03. The van der Waals surface area contributed by atoms with Crippen LogP contribution in [0.5, 0.6) is 5.75 Å². The van der Waals surface area contributed by atoms with Crippen molar-refractivity contribution in [2.45, 2.75) is 13.2 Å². The van der Waals surface area contributed by atoms with Crippen LogP contribution in [0, 0.1) is 11.8 Å². The van der Waals surface area contributed by atoms with Gasteiger partial charge in [0, 0.05) is 0 Å². The van der Waals surface area contributed by atoms with E-state index in [1.54, 1.807) is 19.1 Å². The first kappa shape index (κ1) is 8.63. The van der Waals surface area contributed by atoms with Gasteiger partial charge in [-0.25, -0.2) is 0 Å². The van der Waals surface area contributed by atoms with Crippen LogP contribution in [0.15, 0.2) is 30.3 Å². The van der Waals surface area contributed by atoms with Gasteiger partial charge in [0.05, 0.1) is 0 Å². The molecule has 1 unspecified atom stereocenters. The Balaban J connectivity index is 2.56. The summed E-state index contributed by atoms with van der Waals surface area (Å²) in [5.41, 5.74) is 0. The van der Waals surface area contributed by atoms with Crippen LogP contribution in [0.2, 0.25) is 0 Å². The SMILES string of the molecule is CC#CC(O)Oc1ccccc1. The summed E-state index contributed by atoms with van der Waals surface area (Å²) in [6.45, 7) is 1.65. The molecule has 0 bridgehead atoms. The second kappa shape index (κ2) is 4.42. The van der Waals surface area contributed by atoms with Gasteiger partial charge < -0.3 is 9.84 Å². The number of ether oxygens (including phenoxy) is 1. The second-order valence-corrected chi connectivity index (χ2v) is 2.18. The Morgan fingerprint density at radius 1 is 1.33 bits per heavy atom. The summed E-state index contributed by atoms with van der Waals surface area (Å²) in [4.78, 5) is 0. The lowest BCUT2D eigenvalue weighted by Crippen LogP contribution is -2.12. The van der Waals surface area contributed by atoms with E-state index < -0.39 is 6.29 Å². The first-order valence-electron chi connectivity index (χ1n) is 3.65. The molecule has 2 heteroatoms. The summed E-state index contributed by atoms with van der Waals surface area (Å²) in [5.74, 6) is 5.66. The average Bonchev–Trinajstić information content (AvgIpc) is 2.06. The fraction of sp³-hybridized carbons (Fsp3) is 0.200. The van der Waals surface area contributed by atoms with E-state index in [2.05, 4.69) is 11.8 Å². The van der Waals surface area contributed by atoms with Gasteiger partial charge in [-0.3, -0.25) is 0 Å². The van der Waals surface area contributed by atoms with Gasteiger partial charge in [-0.2, -0.15) is 0 Å². The van der Waals surface area contributed by atoms with Crippen LogP contribution in [0.25, 0.3) is 0 Å². The monoisotopic (exact) mass is 162 g/mol. The number of hydrogen-bond acceptors (Lipinski definition) is 2. The molecule has 62 valence electrons. The van der Waals surface area contributed by atoms with Crippen molar-refractivity contribution < 1.29 is 9.84 Å². The molecule has 1 aromatic rings. The van der Waals surface area contributed by atoms with Crippen LogP contribution in [0.1, 0.15) is 6.92 Å². The van der Waals surface area contributed by atoms with Crippen molar-refractivity contribution in [1.82, 2.24) is 0 Å². The molecular weight excluding hydrogens is 152 g/mol. The van der Waals surface area contributed by atoms with E-state index in [-0.39, 0.29) is 0 Å². The molecule has 1 atom stereocenters. The van der Waals surface area contributed by atoms with E-state index in [0.29, 0.717) is 5.75 Å². The fourth-order valence-corrected chi connectivity index (χ4v) is 0.781. The summed E-state index contributed by atoms with van der Waals surface area (Å²) >= 11 is 0. The zero-order valence-corrected chi connectivity index (χ0v) is 6.82. The Hall–Kier alpha value is -1.46. The van der Waals surface area contributed by atoms with Gasteiger partial charge in [-0.15, -0.1) is 5.92 Å². The Bertz CT molecular complexity index is 282. The topological polar surface area (TPSA) is 29.5 Å². The van der Waals surface area contributed by atoms with Gasteiger partial charge in [0.25, 0.3) is 6.29 Å². The number of hydrogen-bond donors (Lipinski definition) is 1. The molecule has 1 rings (SSSR count). The van der Waals surface area contributed by atoms with Crippen molar-refractivity contribution in [3.05, 3.63) is 30.3 Å². The van der Waals surface area contributed by atoms with Crippen molar-refractivity contribution in [2.24, 2.45) is 0 Å². The number of para-hydroxylation sites is 1. The summed E-state index contributed by atoms with van der Waals surface area (Å²) in [7, 11) is 0. The van der Waals surface area contributed by atoms with E-state index >= 15 is 0 Å². The Labute approximate surface area is 71.8 Å². The van der Waals surface area contributed by atoms with Gasteiger partial charge in [-0.05, 0) is 25.0 Å². The van der Waals surface area contributed by atoms with E-state index in [1.165, 1.54) is 0 Å². The largest absolute Gasteiger partial charge is 0.454 e. The van der Waals surface area contributed by atoms with Crippen LogP contribution in [0.3, 0.4) is 0 Å². The maximum absolute atomic E-state index is 9.11. The summed E-state index contributed by atoms with van der Waals surface area (Å²) < 4.78 is 5.04. The molecule has 0 aromatic heterocycles. The molecule has 0 fully saturated rings. The Morgan fingerprint density at radius 3 is 2.58 bits per heavy atom. The molecule has 0 spiro atoms. The number of rotatable bonds is 2. The highest BCUT2D eigenvalue weighted by atomic mass is 16.6. The molecule has 0 aliphatic carbocycles. The molecule has 0 aliphatic rings. The Kier molecular flexibility index (Phi) is 3.18. The molecule has 2 nitrogen and oxygen atoms in total. The van der Waals surface area contributed by atoms with Crippen molar-refractivity contribution in [3.8, 4) is 17.6 Å². The van der Waals surface area contributed by atoms with E-state index in [1.807, 2.05) is 18.2 Å². The van der Waals surface area contributed by atoms with E-state index in [9.17, 15) is 0 Å². The van der Waals surface area contributed by atoms with Crippen molar-refractivity contribution in [2.75, 3.05) is 0 Å². The molecule has 0 aliphatic heterocycles. The minimum atomic E-state index is -1.03. The maximum atomic E-state index is 9.11. The third-order valence-corrected chi connectivity index (χ3v) is 1.26. The molecule has 1 aromatic carbocycles.